The molecule has 0 saturated carbocycles. The van der Waals surface area contributed by atoms with Crippen molar-refractivity contribution in [3.05, 3.63) is 63.1 Å². The van der Waals surface area contributed by atoms with Crippen LogP contribution in [0.1, 0.15) is 36.5 Å². The smallest absolute Gasteiger partial charge is 0.118 e. The van der Waals surface area contributed by atoms with Gasteiger partial charge in [-0.3, -0.25) is 0 Å². The maximum atomic E-state index is 9.24. The Bertz CT molecular complexity index is 747. The first-order valence-corrected chi connectivity index (χ1v) is 9.51. The summed E-state index contributed by atoms with van der Waals surface area (Å²) >= 11 is 1.64. The molecule has 0 bridgehead atoms. The van der Waals surface area contributed by atoms with Crippen molar-refractivity contribution in [3.8, 4) is 5.75 Å². The van der Waals surface area contributed by atoms with Crippen LogP contribution in [0.4, 0.5) is 0 Å². The minimum absolute atomic E-state index is 0.0687. The molecule has 2 rings (SSSR count). The number of hydrogen-bond donors (Lipinski definition) is 1. The molecule has 2 aromatic rings. The predicted octanol–water partition coefficient (Wildman–Crippen LogP) is 4.78. The highest BCUT2D eigenvalue weighted by Gasteiger charge is 2.12. The molecule has 1 N–H and O–H groups in total. The zero-order valence-corrected chi connectivity index (χ0v) is 16.7. The Morgan fingerprint density at radius 1 is 1.27 bits per heavy atom. The van der Waals surface area contributed by atoms with Gasteiger partial charge in [-0.05, 0) is 56.5 Å². The van der Waals surface area contributed by atoms with Crippen LogP contribution in [0.2, 0.25) is 0 Å². The van der Waals surface area contributed by atoms with Crippen molar-refractivity contribution in [1.82, 2.24) is 4.98 Å². The van der Waals surface area contributed by atoms with Gasteiger partial charge in [-0.1, -0.05) is 23.8 Å². The SMILES string of the molecule is COc1ccc(COC(C/C=C(/C)CO)/C(C)=C/c2csc(C)n2)cc1. The number of aliphatic hydroxyl groups is 1. The summed E-state index contributed by atoms with van der Waals surface area (Å²) in [5, 5.41) is 12.3. The molecule has 0 aliphatic rings. The van der Waals surface area contributed by atoms with E-state index in [4.69, 9.17) is 9.47 Å². The summed E-state index contributed by atoms with van der Waals surface area (Å²) in [6.07, 6.45) is 4.75. The Morgan fingerprint density at radius 3 is 2.58 bits per heavy atom. The van der Waals surface area contributed by atoms with Gasteiger partial charge < -0.3 is 14.6 Å². The van der Waals surface area contributed by atoms with Gasteiger partial charge in [-0.15, -0.1) is 11.3 Å². The molecule has 5 heteroatoms. The fraction of sp³-hybridized carbons (Fsp3) is 0.381. The van der Waals surface area contributed by atoms with Gasteiger partial charge in [-0.2, -0.15) is 0 Å². The third kappa shape index (κ3) is 6.41. The molecular formula is C21H27NO3S. The molecule has 4 nitrogen and oxygen atoms in total. The lowest BCUT2D eigenvalue weighted by atomic mass is 10.1. The van der Waals surface area contributed by atoms with Gasteiger partial charge in [0.15, 0.2) is 0 Å². The lowest BCUT2D eigenvalue weighted by Gasteiger charge is -2.18. The van der Waals surface area contributed by atoms with E-state index < -0.39 is 0 Å². The predicted molar refractivity (Wildman–Crippen MR) is 108 cm³/mol. The molecule has 1 aromatic carbocycles. The van der Waals surface area contributed by atoms with E-state index in [1.54, 1.807) is 18.4 Å². The highest BCUT2D eigenvalue weighted by Crippen LogP contribution is 2.20. The van der Waals surface area contributed by atoms with E-state index in [1.165, 1.54) is 0 Å². The van der Waals surface area contributed by atoms with Crippen LogP contribution in [0.15, 0.2) is 46.9 Å². The number of aliphatic hydroxyl groups excluding tert-OH is 1. The van der Waals surface area contributed by atoms with E-state index in [-0.39, 0.29) is 12.7 Å². The van der Waals surface area contributed by atoms with Crippen molar-refractivity contribution in [1.29, 1.82) is 0 Å². The van der Waals surface area contributed by atoms with Crippen molar-refractivity contribution >= 4 is 17.4 Å². The summed E-state index contributed by atoms with van der Waals surface area (Å²) < 4.78 is 11.4. The number of hydrogen-bond acceptors (Lipinski definition) is 5. The topological polar surface area (TPSA) is 51.6 Å². The Balaban J connectivity index is 2.10. The van der Waals surface area contributed by atoms with Crippen molar-refractivity contribution in [2.45, 2.75) is 39.9 Å². The number of thiazole rings is 1. The lowest BCUT2D eigenvalue weighted by molar-refractivity contribution is 0.0668. The number of nitrogens with zero attached hydrogens (tertiary/aromatic N) is 1. The van der Waals surface area contributed by atoms with E-state index in [1.807, 2.05) is 49.6 Å². The number of aryl methyl sites for hydroxylation is 1. The normalized spacial score (nSPS) is 13.7. The second kappa shape index (κ2) is 10.3. The van der Waals surface area contributed by atoms with E-state index in [0.29, 0.717) is 13.0 Å². The van der Waals surface area contributed by atoms with Crippen LogP contribution in [0.25, 0.3) is 6.08 Å². The summed E-state index contributed by atoms with van der Waals surface area (Å²) in [6, 6.07) is 7.88. The zero-order valence-electron chi connectivity index (χ0n) is 15.9. The van der Waals surface area contributed by atoms with Crippen LogP contribution in [0, 0.1) is 6.92 Å². The Labute approximate surface area is 159 Å². The molecular weight excluding hydrogens is 346 g/mol. The minimum atomic E-state index is -0.0689. The lowest BCUT2D eigenvalue weighted by Crippen LogP contribution is -2.14. The average molecular weight is 374 g/mol. The van der Waals surface area contributed by atoms with Crippen molar-refractivity contribution in [3.63, 3.8) is 0 Å². The van der Waals surface area contributed by atoms with E-state index >= 15 is 0 Å². The fourth-order valence-electron chi connectivity index (χ4n) is 2.45. The second-order valence-electron chi connectivity index (χ2n) is 6.27. The van der Waals surface area contributed by atoms with Crippen LogP contribution < -0.4 is 4.74 Å². The summed E-state index contributed by atoms with van der Waals surface area (Å²) in [5.74, 6) is 0.835. The van der Waals surface area contributed by atoms with Crippen LogP contribution in [0.5, 0.6) is 5.75 Å². The molecule has 26 heavy (non-hydrogen) atoms. The first-order valence-electron chi connectivity index (χ1n) is 8.63. The number of aromatic nitrogens is 1. The molecule has 0 amide bonds. The van der Waals surface area contributed by atoms with Crippen LogP contribution >= 0.6 is 11.3 Å². The minimum Gasteiger partial charge on any atom is -0.497 e. The molecule has 1 unspecified atom stereocenters. The van der Waals surface area contributed by atoms with Crippen molar-refractivity contribution in [2.24, 2.45) is 0 Å². The Morgan fingerprint density at radius 2 is 2.00 bits per heavy atom. The maximum Gasteiger partial charge on any atom is 0.118 e. The second-order valence-corrected chi connectivity index (χ2v) is 7.33. The van der Waals surface area contributed by atoms with Crippen LogP contribution in [-0.2, 0) is 11.3 Å². The van der Waals surface area contributed by atoms with Gasteiger partial charge in [0.1, 0.15) is 5.75 Å². The summed E-state index contributed by atoms with van der Waals surface area (Å²) in [6.45, 7) is 6.57. The molecule has 1 heterocycles. The zero-order chi connectivity index (χ0) is 18.9. The summed E-state index contributed by atoms with van der Waals surface area (Å²) in [4.78, 5) is 4.50. The highest BCUT2D eigenvalue weighted by molar-refractivity contribution is 7.09. The van der Waals surface area contributed by atoms with Gasteiger partial charge in [0.25, 0.3) is 0 Å². The van der Waals surface area contributed by atoms with Crippen molar-refractivity contribution in [2.75, 3.05) is 13.7 Å². The monoisotopic (exact) mass is 373 g/mol. The summed E-state index contributed by atoms with van der Waals surface area (Å²) in [5.41, 5.74) is 4.12. The molecule has 0 radical (unpaired) electrons. The third-order valence-electron chi connectivity index (χ3n) is 4.06. The first kappa shape index (κ1) is 20.4. The highest BCUT2D eigenvalue weighted by atomic mass is 32.1. The quantitative estimate of drug-likeness (QED) is 0.643. The third-order valence-corrected chi connectivity index (χ3v) is 4.85. The van der Waals surface area contributed by atoms with Crippen molar-refractivity contribution < 1.29 is 14.6 Å². The van der Waals surface area contributed by atoms with Gasteiger partial charge in [-0.25, -0.2) is 4.98 Å². The largest absolute Gasteiger partial charge is 0.497 e. The number of rotatable bonds is 9. The number of ether oxygens (including phenoxy) is 2. The van der Waals surface area contributed by atoms with Crippen LogP contribution in [-0.4, -0.2) is 29.9 Å². The maximum absolute atomic E-state index is 9.24. The molecule has 0 aliphatic heterocycles. The molecule has 0 saturated heterocycles. The molecule has 1 aromatic heterocycles. The summed E-state index contributed by atoms with van der Waals surface area (Å²) in [7, 11) is 1.66. The molecule has 140 valence electrons. The van der Waals surface area contributed by atoms with Gasteiger partial charge in [0.05, 0.1) is 37.1 Å². The molecule has 0 aliphatic carbocycles. The molecule has 0 fully saturated rings. The van der Waals surface area contributed by atoms with E-state index in [2.05, 4.69) is 18.0 Å². The fourth-order valence-corrected chi connectivity index (χ4v) is 3.02. The van der Waals surface area contributed by atoms with Gasteiger partial charge in [0, 0.05) is 5.38 Å². The van der Waals surface area contributed by atoms with Crippen LogP contribution in [0.3, 0.4) is 0 Å². The number of methoxy groups -OCH3 is 1. The Hall–Kier alpha value is -1.95. The molecule has 1 atom stereocenters. The molecule has 0 spiro atoms. The Kier molecular flexibility index (Phi) is 8.04. The first-order chi connectivity index (χ1) is 12.5. The number of benzene rings is 1. The standard InChI is InChI=1S/C21H27NO3S/c1-15(12-23)5-10-21(16(2)11-19-14-26-17(3)22-19)25-13-18-6-8-20(24-4)9-7-18/h5-9,11,14,21,23H,10,12-13H2,1-4H3/b15-5-,16-11+. The van der Waals surface area contributed by atoms with Gasteiger partial charge in [0.2, 0.25) is 0 Å². The van der Waals surface area contributed by atoms with Gasteiger partial charge >= 0.3 is 0 Å². The van der Waals surface area contributed by atoms with E-state index in [9.17, 15) is 5.11 Å². The average Bonchev–Trinajstić information content (AvgIpc) is 3.06. The van der Waals surface area contributed by atoms with E-state index in [0.717, 1.165) is 33.2 Å².